The second kappa shape index (κ2) is 3.10. The van der Waals surface area contributed by atoms with Gasteiger partial charge in [0.1, 0.15) is 11.3 Å². The van der Waals surface area contributed by atoms with E-state index in [-0.39, 0.29) is 0 Å². The van der Waals surface area contributed by atoms with E-state index in [2.05, 4.69) is 0 Å². The first-order valence-corrected chi connectivity index (χ1v) is 5.00. The van der Waals surface area contributed by atoms with Crippen LogP contribution in [-0.4, -0.2) is 0 Å². The number of hydrogen-bond donors (Lipinski definition) is 2. The van der Waals surface area contributed by atoms with Crippen molar-refractivity contribution < 1.29 is 4.42 Å². The predicted molar refractivity (Wildman–Crippen MR) is 63.1 cm³/mol. The minimum atomic E-state index is 0.444. The second-order valence-corrected chi connectivity index (χ2v) is 3.80. The second-order valence-electron chi connectivity index (χ2n) is 3.80. The van der Waals surface area contributed by atoms with Gasteiger partial charge in [0, 0.05) is 28.8 Å². The van der Waals surface area contributed by atoms with Gasteiger partial charge in [0.2, 0.25) is 0 Å². The van der Waals surface area contributed by atoms with E-state index in [4.69, 9.17) is 15.6 Å². The maximum absolute atomic E-state index is 7.54. The maximum atomic E-state index is 7.54. The smallest absolute Gasteiger partial charge is 0.136 e. The van der Waals surface area contributed by atoms with Crippen LogP contribution < -0.4 is 11.1 Å². The summed E-state index contributed by atoms with van der Waals surface area (Å²) in [7, 11) is 0. The summed E-state index contributed by atoms with van der Waals surface area (Å²) in [5.41, 5.74) is 8.12. The molecule has 3 rings (SSSR count). The fourth-order valence-corrected chi connectivity index (χ4v) is 1.79. The summed E-state index contributed by atoms with van der Waals surface area (Å²) in [4.78, 5) is 0. The van der Waals surface area contributed by atoms with Gasteiger partial charge in [-0.05, 0) is 30.3 Å². The summed E-state index contributed by atoms with van der Waals surface area (Å²) in [5, 5.41) is 9.00. The molecule has 0 amide bonds. The molecule has 0 aromatic heterocycles. The van der Waals surface area contributed by atoms with Crippen LogP contribution >= 0.6 is 0 Å². The monoisotopic (exact) mass is 210 g/mol. The molecule has 1 heterocycles. The van der Waals surface area contributed by atoms with Gasteiger partial charge in [0.15, 0.2) is 0 Å². The average molecular weight is 210 g/mol. The lowest BCUT2D eigenvalue weighted by Gasteiger charge is -2.06. The molecule has 0 bridgehead atoms. The molecule has 3 nitrogen and oxygen atoms in total. The van der Waals surface area contributed by atoms with Crippen LogP contribution in [0, 0.1) is 5.41 Å². The Bertz CT molecular complexity index is 700. The fraction of sp³-hybridized carbons (Fsp3) is 0. The van der Waals surface area contributed by atoms with E-state index in [1.165, 1.54) is 0 Å². The Hall–Kier alpha value is -2.29. The Labute approximate surface area is 92.0 Å². The van der Waals surface area contributed by atoms with Crippen molar-refractivity contribution in [2.45, 2.75) is 0 Å². The summed E-state index contributed by atoms with van der Waals surface area (Å²) in [5.74, 6) is 0.714. The SMILES string of the molecule is N=c1ccc2cc3ccc(N)cc3oc-2c1. The van der Waals surface area contributed by atoms with Crippen molar-refractivity contribution in [3.63, 3.8) is 0 Å². The number of nitrogen functional groups attached to an aromatic ring is 1. The Morgan fingerprint density at radius 3 is 2.75 bits per heavy atom. The van der Waals surface area contributed by atoms with Crippen molar-refractivity contribution >= 4 is 16.7 Å². The topological polar surface area (TPSA) is 63.0 Å². The zero-order chi connectivity index (χ0) is 11.1. The molecule has 2 aliphatic rings. The quantitative estimate of drug-likeness (QED) is 0.442. The molecular weight excluding hydrogens is 200 g/mol. The molecule has 1 aromatic carbocycles. The van der Waals surface area contributed by atoms with Crippen LogP contribution in [-0.2, 0) is 0 Å². The highest BCUT2D eigenvalue weighted by Crippen LogP contribution is 2.27. The Kier molecular flexibility index (Phi) is 1.74. The summed E-state index contributed by atoms with van der Waals surface area (Å²) in [6.07, 6.45) is 0. The molecule has 0 saturated carbocycles. The third-order valence-electron chi connectivity index (χ3n) is 2.58. The van der Waals surface area contributed by atoms with Gasteiger partial charge in [-0.1, -0.05) is 0 Å². The van der Waals surface area contributed by atoms with Gasteiger partial charge in [0.25, 0.3) is 0 Å². The lowest BCUT2D eigenvalue weighted by molar-refractivity contribution is 0.618. The van der Waals surface area contributed by atoms with Gasteiger partial charge in [0.05, 0.1) is 5.36 Å². The van der Waals surface area contributed by atoms with E-state index >= 15 is 0 Å². The molecule has 78 valence electrons. The van der Waals surface area contributed by atoms with Crippen LogP contribution in [0.1, 0.15) is 0 Å². The molecule has 0 saturated heterocycles. The van der Waals surface area contributed by atoms with Crippen molar-refractivity contribution in [1.29, 1.82) is 5.41 Å². The minimum absolute atomic E-state index is 0.444. The minimum Gasteiger partial charge on any atom is -0.456 e. The van der Waals surface area contributed by atoms with Crippen molar-refractivity contribution in [2.24, 2.45) is 0 Å². The third-order valence-corrected chi connectivity index (χ3v) is 2.58. The van der Waals surface area contributed by atoms with Crippen molar-refractivity contribution in [3.05, 3.63) is 47.8 Å². The number of nitrogens with one attached hydrogen (secondary N) is 1. The summed E-state index contributed by atoms with van der Waals surface area (Å²) in [6, 6.07) is 13.0. The molecule has 16 heavy (non-hydrogen) atoms. The summed E-state index contributed by atoms with van der Waals surface area (Å²) >= 11 is 0. The Morgan fingerprint density at radius 1 is 1.00 bits per heavy atom. The van der Waals surface area contributed by atoms with Crippen LogP contribution in [0.25, 0.3) is 22.3 Å². The van der Waals surface area contributed by atoms with Crippen molar-refractivity contribution in [1.82, 2.24) is 0 Å². The first-order valence-electron chi connectivity index (χ1n) is 5.00. The van der Waals surface area contributed by atoms with E-state index in [1.807, 2.05) is 24.3 Å². The van der Waals surface area contributed by atoms with Crippen LogP contribution in [0.2, 0.25) is 0 Å². The summed E-state index contributed by atoms with van der Waals surface area (Å²) < 4.78 is 5.71. The van der Waals surface area contributed by atoms with Crippen molar-refractivity contribution in [2.75, 3.05) is 5.73 Å². The molecular formula is C13H10N2O. The van der Waals surface area contributed by atoms with E-state index < -0.39 is 0 Å². The van der Waals surface area contributed by atoms with Gasteiger partial charge < -0.3 is 15.6 Å². The third kappa shape index (κ3) is 1.34. The van der Waals surface area contributed by atoms with Crippen LogP contribution in [0.3, 0.4) is 0 Å². The number of nitrogens with two attached hydrogens (primary N) is 1. The van der Waals surface area contributed by atoms with E-state index in [0.29, 0.717) is 16.8 Å². The van der Waals surface area contributed by atoms with E-state index in [0.717, 1.165) is 16.5 Å². The van der Waals surface area contributed by atoms with Gasteiger partial charge in [-0.3, -0.25) is 0 Å². The molecule has 3 heteroatoms. The van der Waals surface area contributed by atoms with Gasteiger partial charge in [-0.25, -0.2) is 0 Å². The number of anilines is 1. The summed E-state index contributed by atoms with van der Waals surface area (Å²) in [6.45, 7) is 0. The zero-order valence-corrected chi connectivity index (χ0v) is 8.53. The fourth-order valence-electron chi connectivity index (χ4n) is 1.79. The molecule has 1 aliphatic carbocycles. The van der Waals surface area contributed by atoms with Gasteiger partial charge in [-0.2, -0.15) is 0 Å². The highest BCUT2D eigenvalue weighted by Gasteiger charge is 2.06. The van der Waals surface area contributed by atoms with Gasteiger partial charge >= 0.3 is 0 Å². The molecule has 0 atom stereocenters. The molecule has 0 fully saturated rings. The number of hydrogen-bond acceptors (Lipinski definition) is 3. The molecule has 1 aromatic rings. The predicted octanol–water partition coefficient (Wildman–Crippen LogP) is 2.60. The number of benzene rings is 2. The number of fused-ring (bicyclic) bond motifs is 2. The molecule has 3 N–H and O–H groups in total. The standard InChI is InChI=1S/C13H10N2O/c14-10-3-1-8-5-9-2-4-11(15)7-13(9)16-12(8)6-10/h1-7,14H,15H2. The van der Waals surface area contributed by atoms with E-state index in [9.17, 15) is 0 Å². The first kappa shape index (κ1) is 8.97. The van der Waals surface area contributed by atoms with Gasteiger partial charge in [-0.15, -0.1) is 0 Å². The van der Waals surface area contributed by atoms with Crippen LogP contribution in [0.15, 0.2) is 46.9 Å². The van der Waals surface area contributed by atoms with Crippen molar-refractivity contribution in [3.8, 4) is 11.3 Å². The highest BCUT2D eigenvalue weighted by atomic mass is 16.3. The largest absolute Gasteiger partial charge is 0.456 e. The lowest BCUT2D eigenvalue weighted by Crippen LogP contribution is -1.97. The highest BCUT2D eigenvalue weighted by molar-refractivity contribution is 5.84. The van der Waals surface area contributed by atoms with Crippen LogP contribution in [0.4, 0.5) is 5.69 Å². The van der Waals surface area contributed by atoms with E-state index in [1.54, 1.807) is 18.2 Å². The maximum Gasteiger partial charge on any atom is 0.136 e. The zero-order valence-electron chi connectivity index (χ0n) is 8.53. The lowest BCUT2D eigenvalue weighted by atomic mass is 10.1. The molecule has 0 unspecified atom stereocenters. The molecule has 0 spiro atoms. The normalized spacial score (nSPS) is 11.0. The number of rotatable bonds is 0. The molecule has 0 radical (unpaired) electrons. The molecule has 1 aliphatic heterocycles. The average Bonchev–Trinajstić information content (AvgIpc) is 2.26. The Balaban J connectivity index is 2.46. The Morgan fingerprint density at radius 2 is 1.88 bits per heavy atom. The van der Waals surface area contributed by atoms with Crippen LogP contribution in [0.5, 0.6) is 0 Å². The first-order chi connectivity index (χ1) is 7.72.